The van der Waals surface area contributed by atoms with Gasteiger partial charge in [0.2, 0.25) is 5.95 Å². The predicted octanol–water partition coefficient (Wildman–Crippen LogP) is 1.35. The first-order valence-corrected chi connectivity index (χ1v) is 6.83. The molecule has 0 bridgehead atoms. The number of benzene rings is 1. The first-order valence-electron chi connectivity index (χ1n) is 6.83. The Balaban J connectivity index is 1.81. The van der Waals surface area contributed by atoms with Gasteiger partial charge in [-0.3, -0.25) is 0 Å². The molecule has 1 aliphatic rings. The van der Waals surface area contributed by atoms with E-state index in [-0.39, 0.29) is 5.82 Å². The van der Waals surface area contributed by atoms with Crippen molar-refractivity contribution in [2.75, 3.05) is 42.1 Å². The molecule has 21 heavy (non-hydrogen) atoms. The van der Waals surface area contributed by atoms with Crippen LogP contribution in [0.2, 0.25) is 0 Å². The van der Waals surface area contributed by atoms with Crippen molar-refractivity contribution in [1.82, 2.24) is 15.3 Å². The lowest BCUT2D eigenvalue weighted by Crippen LogP contribution is -2.44. The Labute approximate surface area is 122 Å². The molecule has 1 aromatic carbocycles. The van der Waals surface area contributed by atoms with Crippen LogP contribution in [-0.4, -0.2) is 36.1 Å². The summed E-state index contributed by atoms with van der Waals surface area (Å²) in [5.41, 5.74) is 6.60. The molecular formula is C14H17FN6. The molecule has 2 aromatic rings. The van der Waals surface area contributed by atoms with Crippen LogP contribution in [0.25, 0.3) is 0 Å². The molecule has 0 unspecified atom stereocenters. The van der Waals surface area contributed by atoms with Crippen molar-refractivity contribution in [3.63, 3.8) is 0 Å². The lowest BCUT2D eigenvalue weighted by atomic mass is 10.3. The van der Waals surface area contributed by atoms with Crippen molar-refractivity contribution >= 4 is 23.3 Å². The zero-order valence-electron chi connectivity index (χ0n) is 11.5. The Hall–Kier alpha value is -2.41. The van der Waals surface area contributed by atoms with Crippen molar-refractivity contribution in [2.45, 2.75) is 0 Å². The third kappa shape index (κ3) is 3.38. The number of aromatic nitrogens is 2. The van der Waals surface area contributed by atoms with Crippen LogP contribution < -0.4 is 21.3 Å². The topological polar surface area (TPSA) is 79.1 Å². The molecule has 110 valence electrons. The highest BCUT2D eigenvalue weighted by Crippen LogP contribution is 2.20. The van der Waals surface area contributed by atoms with Gasteiger partial charge in [0.1, 0.15) is 17.5 Å². The fourth-order valence-electron chi connectivity index (χ4n) is 2.20. The van der Waals surface area contributed by atoms with Crippen molar-refractivity contribution < 1.29 is 4.39 Å². The largest absolute Gasteiger partial charge is 0.383 e. The Morgan fingerprint density at radius 2 is 1.86 bits per heavy atom. The third-order valence-electron chi connectivity index (χ3n) is 3.25. The zero-order chi connectivity index (χ0) is 14.7. The van der Waals surface area contributed by atoms with E-state index in [4.69, 9.17) is 5.73 Å². The van der Waals surface area contributed by atoms with Gasteiger partial charge in [0, 0.05) is 37.9 Å². The van der Waals surface area contributed by atoms with E-state index in [0.29, 0.717) is 17.6 Å². The average Bonchev–Trinajstić information content (AvgIpc) is 2.50. The third-order valence-corrected chi connectivity index (χ3v) is 3.25. The summed E-state index contributed by atoms with van der Waals surface area (Å²) in [7, 11) is 0. The van der Waals surface area contributed by atoms with Gasteiger partial charge in [-0.15, -0.1) is 0 Å². The van der Waals surface area contributed by atoms with Crippen LogP contribution in [0.15, 0.2) is 30.3 Å². The monoisotopic (exact) mass is 288 g/mol. The fraction of sp³-hybridized carbons (Fsp3) is 0.286. The predicted molar refractivity (Wildman–Crippen MR) is 81.2 cm³/mol. The van der Waals surface area contributed by atoms with Gasteiger partial charge in [-0.25, -0.2) is 4.39 Å². The molecule has 4 N–H and O–H groups in total. The van der Waals surface area contributed by atoms with E-state index in [0.717, 1.165) is 31.9 Å². The van der Waals surface area contributed by atoms with Crippen LogP contribution in [0.1, 0.15) is 0 Å². The summed E-state index contributed by atoms with van der Waals surface area (Å²) < 4.78 is 12.9. The Kier molecular flexibility index (Phi) is 3.83. The second kappa shape index (κ2) is 5.92. The van der Waals surface area contributed by atoms with E-state index in [1.165, 1.54) is 12.1 Å². The number of nitrogens with one attached hydrogen (secondary N) is 2. The molecule has 0 radical (unpaired) electrons. The summed E-state index contributed by atoms with van der Waals surface area (Å²) in [6.07, 6.45) is 0. The molecule has 6 nitrogen and oxygen atoms in total. The fourth-order valence-corrected chi connectivity index (χ4v) is 2.20. The van der Waals surface area contributed by atoms with Gasteiger partial charge in [-0.1, -0.05) is 0 Å². The molecule has 1 aliphatic heterocycles. The van der Waals surface area contributed by atoms with Crippen LogP contribution in [0.3, 0.4) is 0 Å². The number of hydrogen-bond acceptors (Lipinski definition) is 6. The molecule has 0 saturated carbocycles. The molecule has 3 rings (SSSR count). The van der Waals surface area contributed by atoms with Crippen molar-refractivity contribution in [2.24, 2.45) is 0 Å². The second-order valence-corrected chi connectivity index (χ2v) is 4.85. The first-order chi connectivity index (χ1) is 10.2. The van der Waals surface area contributed by atoms with E-state index in [1.54, 1.807) is 18.2 Å². The number of hydrogen-bond donors (Lipinski definition) is 3. The quantitative estimate of drug-likeness (QED) is 0.791. The van der Waals surface area contributed by atoms with Crippen molar-refractivity contribution in [3.8, 4) is 0 Å². The van der Waals surface area contributed by atoms with Crippen molar-refractivity contribution in [3.05, 3.63) is 36.1 Å². The number of nitrogens with two attached hydrogens (primary N) is 1. The molecule has 0 atom stereocenters. The van der Waals surface area contributed by atoms with Crippen LogP contribution in [0, 0.1) is 5.82 Å². The Morgan fingerprint density at radius 1 is 1.14 bits per heavy atom. The van der Waals surface area contributed by atoms with Crippen LogP contribution in [0.4, 0.5) is 27.7 Å². The molecule has 1 fully saturated rings. The van der Waals surface area contributed by atoms with Gasteiger partial charge in [-0.2, -0.15) is 9.97 Å². The normalized spacial score (nSPS) is 15.0. The van der Waals surface area contributed by atoms with E-state index >= 15 is 0 Å². The molecule has 7 heteroatoms. The maximum Gasteiger partial charge on any atom is 0.229 e. The lowest BCUT2D eigenvalue weighted by molar-refractivity contribution is 0.580. The average molecular weight is 288 g/mol. The summed E-state index contributed by atoms with van der Waals surface area (Å²) in [4.78, 5) is 10.8. The summed E-state index contributed by atoms with van der Waals surface area (Å²) >= 11 is 0. The minimum atomic E-state index is -0.274. The maximum absolute atomic E-state index is 12.9. The number of halogens is 1. The molecule has 1 saturated heterocycles. The Bertz CT molecular complexity index is 609. The Morgan fingerprint density at radius 3 is 2.57 bits per heavy atom. The number of nitrogens with zero attached hydrogens (tertiary/aromatic N) is 3. The van der Waals surface area contributed by atoms with E-state index in [2.05, 4.69) is 25.5 Å². The number of nitrogen functional groups attached to an aromatic ring is 1. The minimum Gasteiger partial charge on any atom is -0.383 e. The number of rotatable bonds is 3. The maximum atomic E-state index is 12.9. The van der Waals surface area contributed by atoms with Gasteiger partial charge in [0.15, 0.2) is 0 Å². The summed E-state index contributed by atoms with van der Waals surface area (Å²) in [6, 6.07) is 7.75. The standard InChI is InChI=1S/C14H17FN6/c15-10-1-3-11(4-2-10)18-13-9-12(16)19-14(20-13)21-7-5-17-6-8-21/h1-4,9,17H,5-8H2,(H3,16,18,19,20). The minimum absolute atomic E-state index is 0.274. The van der Waals surface area contributed by atoms with E-state index in [9.17, 15) is 4.39 Å². The highest BCUT2D eigenvalue weighted by molar-refractivity contribution is 5.60. The summed E-state index contributed by atoms with van der Waals surface area (Å²) in [5, 5.41) is 6.39. The lowest BCUT2D eigenvalue weighted by Gasteiger charge is -2.27. The van der Waals surface area contributed by atoms with Gasteiger partial charge >= 0.3 is 0 Å². The second-order valence-electron chi connectivity index (χ2n) is 4.85. The summed E-state index contributed by atoms with van der Waals surface area (Å²) in [5.74, 6) is 1.34. The van der Waals surface area contributed by atoms with Crippen LogP contribution >= 0.6 is 0 Å². The smallest absolute Gasteiger partial charge is 0.229 e. The van der Waals surface area contributed by atoms with Gasteiger partial charge < -0.3 is 21.3 Å². The van der Waals surface area contributed by atoms with Crippen LogP contribution in [-0.2, 0) is 0 Å². The highest BCUT2D eigenvalue weighted by atomic mass is 19.1. The highest BCUT2D eigenvalue weighted by Gasteiger charge is 2.14. The van der Waals surface area contributed by atoms with Gasteiger partial charge in [0.05, 0.1) is 0 Å². The van der Waals surface area contributed by atoms with Crippen molar-refractivity contribution in [1.29, 1.82) is 0 Å². The van der Waals surface area contributed by atoms with Gasteiger partial charge in [0.25, 0.3) is 0 Å². The molecule has 0 spiro atoms. The van der Waals surface area contributed by atoms with E-state index < -0.39 is 0 Å². The molecular weight excluding hydrogens is 271 g/mol. The summed E-state index contributed by atoms with van der Waals surface area (Å²) in [6.45, 7) is 3.50. The molecule has 0 amide bonds. The molecule has 2 heterocycles. The zero-order valence-corrected chi connectivity index (χ0v) is 11.5. The van der Waals surface area contributed by atoms with E-state index in [1.807, 2.05) is 0 Å². The molecule has 0 aliphatic carbocycles. The van der Waals surface area contributed by atoms with Gasteiger partial charge in [-0.05, 0) is 24.3 Å². The SMILES string of the molecule is Nc1cc(Nc2ccc(F)cc2)nc(N2CCNCC2)n1. The number of anilines is 4. The number of piperazine rings is 1. The van der Waals surface area contributed by atoms with Crippen LogP contribution in [0.5, 0.6) is 0 Å². The first kappa shape index (κ1) is 13.6. The molecule has 1 aromatic heterocycles.